The first kappa shape index (κ1) is 21.8. The highest BCUT2D eigenvalue weighted by atomic mass is 16.6. The summed E-state index contributed by atoms with van der Waals surface area (Å²) in [4.78, 5) is 0. The van der Waals surface area contributed by atoms with Gasteiger partial charge in [0.25, 0.3) is 0 Å². The molecule has 0 aliphatic carbocycles. The Hall–Kier alpha value is -0.200. The molecule has 0 aliphatic heterocycles. The third kappa shape index (κ3) is 14.7. The van der Waals surface area contributed by atoms with Gasteiger partial charge in [-0.05, 0) is 34.1 Å². The minimum absolute atomic E-state index is 0.0140. The van der Waals surface area contributed by atoms with E-state index in [1.54, 1.807) is 6.92 Å². The van der Waals surface area contributed by atoms with E-state index >= 15 is 0 Å². The molecule has 4 unspecified atom stereocenters. The zero-order valence-corrected chi connectivity index (χ0v) is 15.0. The Kier molecular flexibility index (Phi) is 14.3. The van der Waals surface area contributed by atoms with Crippen LogP contribution in [0.25, 0.3) is 0 Å². The molecule has 0 heterocycles. The van der Waals surface area contributed by atoms with Gasteiger partial charge >= 0.3 is 0 Å². The highest BCUT2D eigenvalue weighted by molar-refractivity contribution is 4.56. The predicted octanol–water partition coefficient (Wildman–Crippen LogP) is 2.79. The largest absolute Gasteiger partial charge is 0.391 e. The van der Waals surface area contributed by atoms with E-state index < -0.39 is 6.10 Å². The van der Waals surface area contributed by atoms with E-state index in [4.69, 9.17) is 24.1 Å². The van der Waals surface area contributed by atoms with Gasteiger partial charge in [0.1, 0.15) is 0 Å². The van der Waals surface area contributed by atoms with Gasteiger partial charge in [0, 0.05) is 6.61 Å². The van der Waals surface area contributed by atoms with Crippen molar-refractivity contribution in [2.24, 2.45) is 0 Å². The van der Waals surface area contributed by atoms with E-state index in [0.29, 0.717) is 26.4 Å². The Labute approximate surface area is 136 Å². The fourth-order valence-corrected chi connectivity index (χ4v) is 1.75. The zero-order valence-electron chi connectivity index (χ0n) is 15.0. The highest BCUT2D eigenvalue weighted by Crippen LogP contribution is 2.02. The first-order chi connectivity index (χ1) is 10.5. The molecule has 0 aromatic heterocycles. The van der Waals surface area contributed by atoms with Crippen molar-refractivity contribution in [1.82, 2.24) is 0 Å². The van der Waals surface area contributed by atoms with Gasteiger partial charge in [-0.3, -0.25) is 0 Å². The number of hydrogen-bond donors (Lipinski definition) is 1. The number of ether oxygens (including phenoxy) is 4. The molecule has 4 atom stereocenters. The molecule has 0 spiro atoms. The molecule has 134 valence electrons. The lowest BCUT2D eigenvalue weighted by Gasteiger charge is -2.20. The quantitative estimate of drug-likeness (QED) is 0.470. The molecule has 0 fully saturated rings. The second-order valence-corrected chi connectivity index (χ2v) is 6.06. The van der Waals surface area contributed by atoms with Crippen molar-refractivity contribution in [2.45, 2.75) is 78.3 Å². The number of rotatable bonds is 15. The molecule has 1 N–H and O–H groups in total. The average Bonchev–Trinajstić information content (AvgIpc) is 2.48. The summed E-state index contributed by atoms with van der Waals surface area (Å²) in [6.45, 7) is 12.6. The van der Waals surface area contributed by atoms with Crippen molar-refractivity contribution >= 4 is 0 Å². The maximum Gasteiger partial charge on any atom is 0.0781 e. The van der Waals surface area contributed by atoms with Crippen molar-refractivity contribution in [3.05, 3.63) is 0 Å². The second kappa shape index (κ2) is 14.4. The van der Waals surface area contributed by atoms with Gasteiger partial charge in [-0.1, -0.05) is 19.8 Å². The van der Waals surface area contributed by atoms with Crippen LogP contribution in [0, 0.1) is 0 Å². The van der Waals surface area contributed by atoms with Crippen LogP contribution < -0.4 is 0 Å². The van der Waals surface area contributed by atoms with Crippen LogP contribution in [0.2, 0.25) is 0 Å². The van der Waals surface area contributed by atoms with Crippen LogP contribution in [0.5, 0.6) is 0 Å². The predicted molar refractivity (Wildman–Crippen MR) is 88.3 cm³/mol. The molecule has 0 aromatic rings. The Morgan fingerprint density at radius 2 is 1.23 bits per heavy atom. The lowest BCUT2D eigenvalue weighted by atomic mass is 10.3. The number of aliphatic hydroxyl groups is 1. The van der Waals surface area contributed by atoms with Crippen molar-refractivity contribution in [3.63, 3.8) is 0 Å². The molecule has 0 saturated heterocycles. The Morgan fingerprint density at radius 3 is 1.73 bits per heavy atom. The number of hydrogen-bond acceptors (Lipinski definition) is 5. The van der Waals surface area contributed by atoms with E-state index in [9.17, 15) is 0 Å². The summed E-state index contributed by atoms with van der Waals surface area (Å²) in [6, 6.07) is 0. The highest BCUT2D eigenvalue weighted by Gasteiger charge is 2.10. The second-order valence-electron chi connectivity index (χ2n) is 6.06. The summed E-state index contributed by atoms with van der Waals surface area (Å²) in [6.07, 6.45) is 3.17. The normalized spacial score (nSPS) is 17.2. The molecule has 5 nitrogen and oxygen atoms in total. The topological polar surface area (TPSA) is 57.2 Å². The summed E-state index contributed by atoms with van der Waals surface area (Å²) >= 11 is 0. The van der Waals surface area contributed by atoms with Crippen molar-refractivity contribution in [2.75, 3.05) is 33.0 Å². The first-order valence-corrected chi connectivity index (χ1v) is 8.56. The van der Waals surface area contributed by atoms with Crippen LogP contribution in [-0.2, 0) is 18.9 Å². The van der Waals surface area contributed by atoms with E-state index in [1.165, 1.54) is 12.8 Å². The van der Waals surface area contributed by atoms with Crippen LogP contribution in [0.4, 0.5) is 0 Å². The van der Waals surface area contributed by atoms with Gasteiger partial charge in [-0.15, -0.1) is 0 Å². The molecule has 0 amide bonds. The fraction of sp³-hybridized carbons (Fsp3) is 1.00. The Morgan fingerprint density at radius 1 is 0.727 bits per heavy atom. The summed E-state index contributed by atoms with van der Waals surface area (Å²) in [5.74, 6) is 0. The SMILES string of the molecule is CCCCCOCC(C)OCC(C)OCC(C)OCC(C)O. The van der Waals surface area contributed by atoms with E-state index in [-0.39, 0.29) is 18.3 Å². The van der Waals surface area contributed by atoms with Gasteiger partial charge in [-0.2, -0.15) is 0 Å². The molecular formula is C17H36O5. The smallest absolute Gasteiger partial charge is 0.0781 e. The van der Waals surface area contributed by atoms with Crippen LogP contribution in [0.15, 0.2) is 0 Å². The third-order valence-corrected chi connectivity index (χ3v) is 3.10. The van der Waals surface area contributed by atoms with Crippen molar-refractivity contribution in [3.8, 4) is 0 Å². The van der Waals surface area contributed by atoms with Crippen LogP contribution >= 0.6 is 0 Å². The summed E-state index contributed by atoms with van der Waals surface area (Å²) in [5.41, 5.74) is 0. The summed E-state index contributed by atoms with van der Waals surface area (Å²) in [5, 5.41) is 9.14. The van der Waals surface area contributed by atoms with Crippen molar-refractivity contribution < 1.29 is 24.1 Å². The molecule has 5 heteroatoms. The third-order valence-electron chi connectivity index (χ3n) is 3.10. The zero-order chi connectivity index (χ0) is 16.8. The number of unbranched alkanes of at least 4 members (excludes halogenated alkanes) is 2. The van der Waals surface area contributed by atoms with Gasteiger partial charge in [-0.25, -0.2) is 0 Å². The van der Waals surface area contributed by atoms with Crippen LogP contribution in [-0.4, -0.2) is 62.6 Å². The molecule has 0 bridgehead atoms. The minimum Gasteiger partial charge on any atom is -0.391 e. The van der Waals surface area contributed by atoms with Gasteiger partial charge in [0.05, 0.1) is 50.8 Å². The Bertz CT molecular complexity index is 235. The summed E-state index contributed by atoms with van der Waals surface area (Å²) in [7, 11) is 0. The van der Waals surface area contributed by atoms with E-state index in [2.05, 4.69) is 6.92 Å². The van der Waals surface area contributed by atoms with Crippen LogP contribution in [0.3, 0.4) is 0 Å². The lowest BCUT2D eigenvalue weighted by molar-refractivity contribution is -0.0866. The average molecular weight is 320 g/mol. The van der Waals surface area contributed by atoms with Gasteiger partial charge < -0.3 is 24.1 Å². The Balaban J connectivity index is 3.52. The van der Waals surface area contributed by atoms with E-state index in [0.717, 1.165) is 13.0 Å². The van der Waals surface area contributed by atoms with Crippen molar-refractivity contribution in [1.29, 1.82) is 0 Å². The first-order valence-electron chi connectivity index (χ1n) is 8.56. The maximum absolute atomic E-state index is 9.14. The molecular weight excluding hydrogens is 284 g/mol. The minimum atomic E-state index is -0.443. The van der Waals surface area contributed by atoms with Gasteiger partial charge in [0.2, 0.25) is 0 Å². The summed E-state index contributed by atoms with van der Waals surface area (Å²) < 4.78 is 22.4. The monoisotopic (exact) mass is 320 g/mol. The molecule has 22 heavy (non-hydrogen) atoms. The number of aliphatic hydroxyl groups excluding tert-OH is 1. The standard InChI is InChI=1S/C17H36O5/c1-6-7-8-9-19-11-15(3)21-13-17(5)22-12-16(4)20-10-14(2)18/h14-18H,6-13H2,1-5H3. The van der Waals surface area contributed by atoms with Gasteiger partial charge in [0.15, 0.2) is 0 Å². The molecule has 0 radical (unpaired) electrons. The van der Waals surface area contributed by atoms with E-state index in [1.807, 2.05) is 20.8 Å². The molecule has 0 aromatic carbocycles. The molecule has 0 saturated carbocycles. The lowest BCUT2D eigenvalue weighted by Crippen LogP contribution is -2.27. The fourth-order valence-electron chi connectivity index (χ4n) is 1.75. The molecule has 0 rings (SSSR count). The van der Waals surface area contributed by atoms with Crippen LogP contribution in [0.1, 0.15) is 53.9 Å². The molecule has 0 aliphatic rings. The maximum atomic E-state index is 9.14.